The Morgan fingerprint density at radius 1 is 1.12 bits per heavy atom. The number of alkyl halides is 2. The van der Waals surface area contributed by atoms with Crippen molar-refractivity contribution in [2.75, 3.05) is 7.11 Å². The van der Waals surface area contributed by atoms with E-state index in [1.807, 2.05) is 0 Å². The lowest BCUT2D eigenvalue weighted by Gasteiger charge is -2.56. The molecule has 0 radical (unpaired) electrons. The van der Waals surface area contributed by atoms with E-state index < -0.39 is 6.43 Å². The van der Waals surface area contributed by atoms with Crippen LogP contribution in [0.4, 0.5) is 8.78 Å². The van der Waals surface area contributed by atoms with Crippen molar-refractivity contribution < 1.29 is 18.3 Å². The molecule has 1 aromatic carbocycles. The number of amides is 1. The molecule has 7 rings (SSSR count). The zero-order valence-electron chi connectivity index (χ0n) is 18.4. The van der Waals surface area contributed by atoms with Crippen LogP contribution < -0.4 is 10.1 Å². The molecule has 4 aliphatic rings. The predicted octanol–water partition coefficient (Wildman–Crippen LogP) is 5.04. The van der Waals surface area contributed by atoms with Gasteiger partial charge in [-0.05, 0) is 86.6 Å². The van der Waals surface area contributed by atoms with Gasteiger partial charge in [-0.15, -0.1) is 0 Å². The monoisotopic (exact) mass is 452 g/mol. The Kier molecular flexibility index (Phi) is 4.67. The number of carbonyl (C=O) groups excluding carboxylic acids is 1. The Bertz CT molecular complexity index is 1190. The molecule has 1 N–H and O–H groups in total. The van der Waals surface area contributed by atoms with Crippen LogP contribution in [0.1, 0.15) is 61.0 Å². The molecule has 4 bridgehead atoms. The van der Waals surface area contributed by atoms with E-state index in [1.54, 1.807) is 31.4 Å². The summed E-state index contributed by atoms with van der Waals surface area (Å²) >= 11 is 0. The van der Waals surface area contributed by atoms with Gasteiger partial charge < -0.3 is 10.1 Å². The third-order valence-corrected chi connectivity index (χ3v) is 7.77. The summed E-state index contributed by atoms with van der Waals surface area (Å²) in [6.07, 6.45) is 5.46. The van der Waals surface area contributed by atoms with Crippen LogP contribution in [0, 0.1) is 17.8 Å². The molecule has 0 saturated heterocycles. The minimum absolute atomic E-state index is 0.154. The minimum Gasteiger partial charge on any atom is -0.497 e. The second-order valence-electron chi connectivity index (χ2n) is 10.0. The van der Waals surface area contributed by atoms with E-state index in [-0.39, 0.29) is 28.4 Å². The standard InChI is InChI=1S/C25H26F2N4O2/c1-33-18-4-2-17(3-5-18)20-9-21(22(26)27)31-23(29-20)19(13-28-31)24(32)30-25-10-14-6-15(11-25)8-16(7-14)12-25/h2-5,9,13-16,22H,6-8,10-12H2,1H3,(H,30,32). The summed E-state index contributed by atoms with van der Waals surface area (Å²) < 4.78 is 34.1. The van der Waals surface area contributed by atoms with Gasteiger partial charge in [-0.25, -0.2) is 18.3 Å². The van der Waals surface area contributed by atoms with Crippen molar-refractivity contribution in [3.63, 3.8) is 0 Å². The molecule has 4 saturated carbocycles. The maximum atomic E-state index is 13.9. The number of halogens is 2. The average molecular weight is 453 g/mol. The van der Waals surface area contributed by atoms with Crippen LogP contribution >= 0.6 is 0 Å². The summed E-state index contributed by atoms with van der Waals surface area (Å²) in [5, 5.41) is 7.42. The lowest BCUT2D eigenvalue weighted by molar-refractivity contribution is -0.0166. The number of rotatable bonds is 5. The second-order valence-corrected chi connectivity index (χ2v) is 10.0. The smallest absolute Gasteiger partial charge is 0.280 e. The molecule has 172 valence electrons. The van der Waals surface area contributed by atoms with Crippen LogP contribution in [0.2, 0.25) is 0 Å². The van der Waals surface area contributed by atoms with Crippen LogP contribution in [-0.4, -0.2) is 33.2 Å². The molecule has 2 heterocycles. The number of nitrogens with zero attached hydrogens (tertiary/aromatic N) is 3. The van der Waals surface area contributed by atoms with Gasteiger partial charge in [0.25, 0.3) is 12.3 Å². The normalized spacial score (nSPS) is 27.9. The number of nitrogens with one attached hydrogen (secondary N) is 1. The molecule has 0 aliphatic heterocycles. The Morgan fingerprint density at radius 3 is 2.33 bits per heavy atom. The number of fused-ring (bicyclic) bond motifs is 1. The third-order valence-electron chi connectivity index (χ3n) is 7.77. The molecule has 1 amide bonds. The highest BCUT2D eigenvalue weighted by Crippen LogP contribution is 2.55. The molecule has 33 heavy (non-hydrogen) atoms. The largest absolute Gasteiger partial charge is 0.497 e. The summed E-state index contributed by atoms with van der Waals surface area (Å²) in [5.41, 5.74) is 0.946. The Hall–Kier alpha value is -3.03. The van der Waals surface area contributed by atoms with Crippen molar-refractivity contribution in [2.24, 2.45) is 17.8 Å². The van der Waals surface area contributed by atoms with Gasteiger partial charge in [0, 0.05) is 11.1 Å². The van der Waals surface area contributed by atoms with Gasteiger partial charge >= 0.3 is 0 Å². The van der Waals surface area contributed by atoms with Crippen LogP contribution in [0.5, 0.6) is 5.75 Å². The highest BCUT2D eigenvalue weighted by Gasteiger charge is 2.51. The second kappa shape index (κ2) is 7.50. The van der Waals surface area contributed by atoms with Crippen LogP contribution in [0.25, 0.3) is 16.9 Å². The Balaban J connectivity index is 1.37. The van der Waals surface area contributed by atoms with Gasteiger partial charge in [0.2, 0.25) is 0 Å². The molecular weight excluding hydrogens is 426 g/mol. The molecular formula is C25H26F2N4O2. The van der Waals surface area contributed by atoms with E-state index in [9.17, 15) is 13.6 Å². The fourth-order valence-electron chi connectivity index (χ4n) is 6.78. The van der Waals surface area contributed by atoms with Crippen LogP contribution in [0.3, 0.4) is 0 Å². The molecule has 8 heteroatoms. The number of aromatic nitrogens is 3. The van der Waals surface area contributed by atoms with E-state index >= 15 is 0 Å². The number of hydrogen-bond acceptors (Lipinski definition) is 4. The molecule has 0 atom stereocenters. The van der Waals surface area contributed by atoms with Crippen molar-refractivity contribution in [1.29, 1.82) is 0 Å². The predicted molar refractivity (Wildman–Crippen MR) is 118 cm³/mol. The molecule has 2 aromatic heterocycles. The quantitative estimate of drug-likeness (QED) is 0.589. The number of methoxy groups -OCH3 is 1. The zero-order valence-corrected chi connectivity index (χ0v) is 18.4. The van der Waals surface area contributed by atoms with Crippen LogP contribution in [0.15, 0.2) is 36.5 Å². The first-order valence-electron chi connectivity index (χ1n) is 11.6. The maximum absolute atomic E-state index is 13.9. The van der Waals surface area contributed by atoms with Gasteiger partial charge in [-0.2, -0.15) is 5.10 Å². The lowest BCUT2D eigenvalue weighted by Crippen LogP contribution is -2.59. The Morgan fingerprint density at radius 2 is 1.76 bits per heavy atom. The highest BCUT2D eigenvalue weighted by molar-refractivity contribution is 6.00. The number of ether oxygens (including phenoxy) is 1. The summed E-state index contributed by atoms with van der Waals surface area (Å²) in [6, 6.07) is 8.35. The molecule has 6 nitrogen and oxygen atoms in total. The van der Waals surface area contributed by atoms with E-state index in [2.05, 4.69) is 15.4 Å². The van der Waals surface area contributed by atoms with Gasteiger partial charge in [-0.1, -0.05) is 0 Å². The Labute approximate surface area is 190 Å². The topological polar surface area (TPSA) is 68.5 Å². The van der Waals surface area contributed by atoms with E-state index in [0.717, 1.165) is 23.8 Å². The van der Waals surface area contributed by atoms with E-state index in [0.29, 0.717) is 34.8 Å². The van der Waals surface area contributed by atoms with Crippen molar-refractivity contribution in [3.8, 4) is 17.0 Å². The van der Waals surface area contributed by atoms with Gasteiger partial charge in [0.15, 0.2) is 5.65 Å². The SMILES string of the molecule is COc1ccc(-c2cc(C(F)F)n3ncc(C(=O)NC45CC6CC(CC(C6)C4)C5)c3n2)cc1. The maximum Gasteiger partial charge on any atom is 0.280 e. The minimum atomic E-state index is -2.76. The summed E-state index contributed by atoms with van der Waals surface area (Å²) in [4.78, 5) is 18.0. The fourth-order valence-corrected chi connectivity index (χ4v) is 6.78. The van der Waals surface area contributed by atoms with Crippen molar-refractivity contribution in [2.45, 2.75) is 50.5 Å². The first-order valence-corrected chi connectivity index (χ1v) is 11.6. The first-order chi connectivity index (χ1) is 15.9. The first kappa shape index (κ1) is 20.6. The average Bonchev–Trinajstić information content (AvgIpc) is 3.21. The number of hydrogen-bond donors (Lipinski definition) is 1. The molecule has 3 aromatic rings. The molecule has 0 unspecified atom stereocenters. The van der Waals surface area contributed by atoms with E-state index in [4.69, 9.17) is 4.74 Å². The fraction of sp³-hybridized carbons (Fsp3) is 0.480. The molecule has 4 aliphatic carbocycles. The van der Waals surface area contributed by atoms with E-state index in [1.165, 1.54) is 31.5 Å². The van der Waals surface area contributed by atoms with Crippen LogP contribution in [-0.2, 0) is 0 Å². The van der Waals surface area contributed by atoms with Crippen molar-refractivity contribution in [3.05, 3.63) is 47.8 Å². The van der Waals surface area contributed by atoms with Gasteiger partial charge in [-0.3, -0.25) is 4.79 Å². The zero-order chi connectivity index (χ0) is 22.7. The number of carbonyl (C=O) groups is 1. The molecule has 4 fully saturated rings. The summed E-state index contributed by atoms with van der Waals surface area (Å²) in [5.74, 6) is 2.45. The van der Waals surface area contributed by atoms with Gasteiger partial charge in [0.1, 0.15) is 17.0 Å². The molecule has 0 spiro atoms. The lowest BCUT2D eigenvalue weighted by atomic mass is 9.53. The van der Waals surface area contributed by atoms with Gasteiger partial charge in [0.05, 0.1) is 19.0 Å². The summed E-state index contributed by atoms with van der Waals surface area (Å²) in [6.45, 7) is 0. The number of benzene rings is 1. The van der Waals surface area contributed by atoms with Crippen molar-refractivity contribution >= 4 is 11.6 Å². The van der Waals surface area contributed by atoms with Crippen molar-refractivity contribution in [1.82, 2.24) is 19.9 Å². The highest BCUT2D eigenvalue weighted by atomic mass is 19.3. The third kappa shape index (κ3) is 3.47. The summed E-state index contributed by atoms with van der Waals surface area (Å²) in [7, 11) is 1.56.